The van der Waals surface area contributed by atoms with Crippen LogP contribution in [0.4, 0.5) is 0 Å². The minimum Gasteiger partial charge on any atom is -0.399 e. The van der Waals surface area contributed by atoms with Gasteiger partial charge in [-0.05, 0) is 13.0 Å². The molecule has 0 fully saturated rings. The molecule has 0 aliphatic rings. The smallest absolute Gasteiger partial charge is 0.106 e. The summed E-state index contributed by atoms with van der Waals surface area (Å²) in [6, 6.07) is 3.77. The third-order valence-electron chi connectivity index (χ3n) is 1.56. The van der Waals surface area contributed by atoms with Gasteiger partial charge in [0.25, 0.3) is 0 Å². The maximum Gasteiger partial charge on any atom is 0.106 e. The van der Waals surface area contributed by atoms with Gasteiger partial charge < -0.3 is 4.84 Å². The number of aromatic nitrogens is 1. The zero-order chi connectivity index (χ0) is 9.68. The average Bonchev–Trinajstić information content (AvgIpc) is 2.18. The van der Waals surface area contributed by atoms with Crippen LogP contribution >= 0.6 is 0 Å². The SMILES string of the molecule is CO/N=C(\C)c1ccncc1C#N. The molecule has 4 nitrogen and oxygen atoms in total. The summed E-state index contributed by atoms with van der Waals surface area (Å²) in [6.45, 7) is 1.78. The highest BCUT2D eigenvalue weighted by Gasteiger charge is 2.04. The summed E-state index contributed by atoms with van der Waals surface area (Å²) in [5.74, 6) is 0. The summed E-state index contributed by atoms with van der Waals surface area (Å²) in [5, 5.41) is 12.5. The minimum absolute atomic E-state index is 0.501. The van der Waals surface area contributed by atoms with Gasteiger partial charge in [0.15, 0.2) is 0 Å². The van der Waals surface area contributed by atoms with Crippen LogP contribution < -0.4 is 0 Å². The van der Waals surface area contributed by atoms with E-state index in [9.17, 15) is 0 Å². The summed E-state index contributed by atoms with van der Waals surface area (Å²) in [7, 11) is 1.47. The van der Waals surface area contributed by atoms with Crippen LogP contribution in [0.25, 0.3) is 0 Å². The predicted molar refractivity (Wildman–Crippen MR) is 48.2 cm³/mol. The van der Waals surface area contributed by atoms with E-state index in [4.69, 9.17) is 5.26 Å². The van der Waals surface area contributed by atoms with Crippen molar-refractivity contribution in [3.8, 4) is 6.07 Å². The largest absolute Gasteiger partial charge is 0.399 e. The molecule has 0 saturated heterocycles. The molecule has 0 radical (unpaired) electrons. The number of hydrogen-bond acceptors (Lipinski definition) is 4. The predicted octanol–water partition coefficient (Wildman–Crippen LogP) is 1.32. The summed E-state index contributed by atoms with van der Waals surface area (Å²) in [6.07, 6.45) is 3.12. The van der Waals surface area contributed by atoms with Crippen molar-refractivity contribution < 1.29 is 4.84 Å². The van der Waals surface area contributed by atoms with E-state index >= 15 is 0 Å². The Morgan fingerprint density at radius 2 is 2.46 bits per heavy atom. The van der Waals surface area contributed by atoms with Gasteiger partial charge in [0.05, 0.1) is 11.3 Å². The van der Waals surface area contributed by atoms with E-state index in [1.807, 2.05) is 6.07 Å². The van der Waals surface area contributed by atoms with Crippen LogP contribution in [0.1, 0.15) is 18.1 Å². The van der Waals surface area contributed by atoms with Gasteiger partial charge >= 0.3 is 0 Å². The molecule has 13 heavy (non-hydrogen) atoms. The number of hydrogen-bond donors (Lipinski definition) is 0. The van der Waals surface area contributed by atoms with E-state index in [1.54, 1.807) is 19.2 Å². The Morgan fingerprint density at radius 1 is 1.69 bits per heavy atom. The van der Waals surface area contributed by atoms with Crippen molar-refractivity contribution in [2.24, 2.45) is 5.16 Å². The second-order valence-electron chi connectivity index (χ2n) is 2.39. The number of oxime groups is 1. The number of nitrogens with zero attached hydrogens (tertiary/aromatic N) is 3. The third kappa shape index (κ3) is 2.03. The summed E-state index contributed by atoms with van der Waals surface area (Å²) < 4.78 is 0. The van der Waals surface area contributed by atoms with Crippen LogP contribution in [-0.4, -0.2) is 17.8 Å². The van der Waals surface area contributed by atoms with Crippen LogP contribution in [0.15, 0.2) is 23.6 Å². The number of rotatable bonds is 2. The fraction of sp³-hybridized carbons (Fsp3) is 0.222. The maximum absolute atomic E-state index is 8.75. The van der Waals surface area contributed by atoms with E-state index < -0.39 is 0 Å². The lowest BCUT2D eigenvalue weighted by molar-refractivity contribution is 0.213. The number of nitriles is 1. The highest BCUT2D eigenvalue weighted by atomic mass is 16.6. The first-order valence-corrected chi connectivity index (χ1v) is 3.72. The lowest BCUT2D eigenvalue weighted by Gasteiger charge is -2.00. The van der Waals surface area contributed by atoms with Crippen LogP contribution in [0.2, 0.25) is 0 Å². The highest BCUT2D eigenvalue weighted by molar-refractivity contribution is 6.00. The standard InChI is InChI=1S/C9H9N3O/c1-7(12-13-2)9-3-4-11-6-8(9)5-10/h3-4,6H,1-2H3/b12-7+. The molecule has 66 valence electrons. The first kappa shape index (κ1) is 9.20. The molecule has 4 heteroatoms. The van der Waals surface area contributed by atoms with E-state index in [-0.39, 0.29) is 0 Å². The van der Waals surface area contributed by atoms with Crippen molar-refractivity contribution in [3.05, 3.63) is 29.6 Å². The van der Waals surface area contributed by atoms with Crippen LogP contribution in [0, 0.1) is 11.3 Å². The molecule has 0 aliphatic heterocycles. The Kier molecular flexibility index (Phi) is 2.98. The van der Waals surface area contributed by atoms with Crippen LogP contribution in [-0.2, 0) is 4.84 Å². The zero-order valence-corrected chi connectivity index (χ0v) is 7.48. The molecule has 1 aromatic heterocycles. The van der Waals surface area contributed by atoms with Crippen LogP contribution in [0.3, 0.4) is 0 Å². The minimum atomic E-state index is 0.501. The lowest BCUT2D eigenvalue weighted by Crippen LogP contribution is -1.99. The maximum atomic E-state index is 8.75. The fourth-order valence-corrected chi connectivity index (χ4v) is 0.985. The quantitative estimate of drug-likeness (QED) is 0.503. The molecule has 1 aromatic rings. The molecular formula is C9H9N3O. The van der Waals surface area contributed by atoms with Gasteiger partial charge in [-0.1, -0.05) is 5.16 Å². The molecule has 0 aromatic carbocycles. The van der Waals surface area contributed by atoms with Crippen molar-refractivity contribution >= 4 is 5.71 Å². The van der Waals surface area contributed by atoms with Crippen molar-refractivity contribution in [2.75, 3.05) is 7.11 Å². The molecular weight excluding hydrogens is 166 g/mol. The van der Waals surface area contributed by atoms with Gasteiger partial charge in [-0.3, -0.25) is 4.98 Å². The van der Waals surface area contributed by atoms with Crippen LogP contribution in [0.5, 0.6) is 0 Å². The van der Waals surface area contributed by atoms with Gasteiger partial charge in [-0.2, -0.15) is 5.26 Å². The van der Waals surface area contributed by atoms with Crippen molar-refractivity contribution in [1.82, 2.24) is 4.98 Å². The van der Waals surface area contributed by atoms with E-state index in [0.717, 1.165) is 5.56 Å². The molecule has 0 amide bonds. The van der Waals surface area contributed by atoms with E-state index in [0.29, 0.717) is 11.3 Å². The average molecular weight is 175 g/mol. The summed E-state index contributed by atoms with van der Waals surface area (Å²) >= 11 is 0. The van der Waals surface area contributed by atoms with Gasteiger partial charge in [-0.15, -0.1) is 0 Å². The zero-order valence-electron chi connectivity index (χ0n) is 7.48. The van der Waals surface area contributed by atoms with Gasteiger partial charge in [-0.25, -0.2) is 0 Å². The van der Waals surface area contributed by atoms with E-state index in [2.05, 4.69) is 15.0 Å². The monoisotopic (exact) mass is 175 g/mol. The highest BCUT2D eigenvalue weighted by Crippen LogP contribution is 2.06. The Labute approximate surface area is 76.5 Å². The van der Waals surface area contributed by atoms with Crippen molar-refractivity contribution in [3.63, 3.8) is 0 Å². The first-order valence-electron chi connectivity index (χ1n) is 3.72. The van der Waals surface area contributed by atoms with Crippen molar-refractivity contribution in [2.45, 2.75) is 6.92 Å². The summed E-state index contributed by atoms with van der Waals surface area (Å²) in [5.41, 5.74) is 1.92. The Hall–Kier alpha value is -1.89. The van der Waals surface area contributed by atoms with Gasteiger partial charge in [0.2, 0.25) is 0 Å². The second kappa shape index (κ2) is 4.21. The second-order valence-corrected chi connectivity index (χ2v) is 2.39. The first-order chi connectivity index (χ1) is 6.29. The molecule has 0 N–H and O–H groups in total. The third-order valence-corrected chi connectivity index (χ3v) is 1.56. The molecule has 1 heterocycles. The molecule has 0 saturated carbocycles. The van der Waals surface area contributed by atoms with Gasteiger partial charge in [0, 0.05) is 18.0 Å². The topological polar surface area (TPSA) is 58.3 Å². The Morgan fingerprint density at radius 3 is 3.08 bits per heavy atom. The Balaban J connectivity index is 3.15. The van der Waals surface area contributed by atoms with Crippen molar-refractivity contribution in [1.29, 1.82) is 5.26 Å². The van der Waals surface area contributed by atoms with E-state index in [1.165, 1.54) is 13.3 Å². The molecule has 0 unspecified atom stereocenters. The fourth-order valence-electron chi connectivity index (χ4n) is 0.985. The summed E-state index contributed by atoms with van der Waals surface area (Å²) in [4.78, 5) is 8.46. The number of pyridine rings is 1. The molecule has 0 bridgehead atoms. The molecule has 0 spiro atoms. The Bertz CT molecular complexity index is 365. The lowest BCUT2D eigenvalue weighted by atomic mass is 10.1. The van der Waals surface area contributed by atoms with Gasteiger partial charge in [0.1, 0.15) is 13.2 Å². The normalized spacial score (nSPS) is 10.7. The molecule has 0 atom stereocenters. The molecule has 1 rings (SSSR count). The molecule has 0 aliphatic carbocycles.